The van der Waals surface area contributed by atoms with Gasteiger partial charge in [0.25, 0.3) is 0 Å². The SMILES string of the molecule is COc1ccc(S(=O)(=O)N2CCCC2)cc1CCC(=O)NCCSCc1ccccc1F. The summed E-state index contributed by atoms with van der Waals surface area (Å²) in [5.74, 6) is 1.46. The number of thioether (sulfide) groups is 1. The quantitative estimate of drug-likeness (QED) is 0.498. The van der Waals surface area contributed by atoms with Crippen LogP contribution in [0.25, 0.3) is 0 Å². The second-order valence-electron chi connectivity index (χ2n) is 7.58. The maximum absolute atomic E-state index is 13.6. The molecular weight excluding hydrogens is 451 g/mol. The smallest absolute Gasteiger partial charge is 0.243 e. The van der Waals surface area contributed by atoms with Crippen molar-refractivity contribution in [2.24, 2.45) is 0 Å². The highest BCUT2D eigenvalue weighted by atomic mass is 32.2. The van der Waals surface area contributed by atoms with Crippen LogP contribution in [0.5, 0.6) is 5.75 Å². The van der Waals surface area contributed by atoms with Crippen molar-refractivity contribution >= 4 is 27.7 Å². The molecule has 0 radical (unpaired) electrons. The number of hydrogen-bond acceptors (Lipinski definition) is 5. The third-order valence-corrected chi connectivity index (χ3v) is 8.26. The first kappa shape index (κ1) is 24.5. The molecule has 1 aliphatic rings. The van der Waals surface area contributed by atoms with Gasteiger partial charge in [0.2, 0.25) is 15.9 Å². The number of nitrogens with one attached hydrogen (secondary N) is 1. The summed E-state index contributed by atoms with van der Waals surface area (Å²) in [5.41, 5.74) is 1.34. The first-order chi connectivity index (χ1) is 15.4. The number of benzene rings is 2. The third kappa shape index (κ3) is 6.46. The molecule has 3 rings (SSSR count). The van der Waals surface area contributed by atoms with Crippen LogP contribution in [0, 0.1) is 5.82 Å². The average molecular weight is 481 g/mol. The fraction of sp³-hybridized carbons (Fsp3) is 0.435. The Balaban J connectivity index is 1.48. The van der Waals surface area contributed by atoms with Crippen molar-refractivity contribution in [2.75, 3.05) is 32.5 Å². The maximum atomic E-state index is 13.6. The predicted octanol–water partition coefficient (Wildman–Crippen LogP) is 3.60. The molecule has 1 N–H and O–H groups in total. The van der Waals surface area contributed by atoms with E-state index in [-0.39, 0.29) is 23.0 Å². The van der Waals surface area contributed by atoms with Gasteiger partial charge in [-0.15, -0.1) is 0 Å². The number of amides is 1. The second kappa shape index (κ2) is 11.7. The molecule has 2 aromatic carbocycles. The van der Waals surface area contributed by atoms with Crippen molar-refractivity contribution in [1.82, 2.24) is 9.62 Å². The summed E-state index contributed by atoms with van der Waals surface area (Å²) in [4.78, 5) is 12.5. The normalized spacial score (nSPS) is 14.4. The van der Waals surface area contributed by atoms with Crippen LogP contribution in [0.1, 0.15) is 30.4 Å². The van der Waals surface area contributed by atoms with E-state index >= 15 is 0 Å². The summed E-state index contributed by atoms with van der Waals surface area (Å²) in [6.45, 7) is 1.57. The molecule has 0 atom stereocenters. The second-order valence-corrected chi connectivity index (χ2v) is 10.6. The predicted molar refractivity (Wildman–Crippen MR) is 125 cm³/mol. The number of hydrogen-bond donors (Lipinski definition) is 1. The van der Waals surface area contributed by atoms with Crippen molar-refractivity contribution < 1.29 is 22.3 Å². The number of carbonyl (C=O) groups excluding carboxylic acids is 1. The summed E-state index contributed by atoms with van der Waals surface area (Å²) in [5, 5.41) is 2.86. The zero-order valence-corrected chi connectivity index (χ0v) is 19.8. The van der Waals surface area contributed by atoms with E-state index in [4.69, 9.17) is 4.74 Å². The Morgan fingerprint density at radius 2 is 1.91 bits per heavy atom. The zero-order valence-electron chi connectivity index (χ0n) is 18.2. The van der Waals surface area contributed by atoms with E-state index in [1.54, 1.807) is 48.2 Å². The lowest BCUT2D eigenvalue weighted by atomic mass is 10.1. The van der Waals surface area contributed by atoms with Crippen molar-refractivity contribution in [3.8, 4) is 5.75 Å². The minimum atomic E-state index is -3.52. The van der Waals surface area contributed by atoms with E-state index in [0.29, 0.717) is 54.4 Å². The first-order valence-electron chi connectivity index (χ1n) is 10.7. The van der Waals surface area contributed by atoms with Gasteiger partial charge in [0.05, 0.1) is 12.0 Å². The number of aryl methyl sites for hydroxylation is 1. The minimum absolute atomic E-state index is 0.119. The monoisotopic (exact) mass is 480 g/mol. The number of nitrogens with zero attached hydrogens (tertiary/aromatic N) is 1. The molecule has 0 aliphatic carbocycles. The Bertz CT molecular complexity index is 1020. The van der Waals surface area contributed by atoms with Crippen molar-refractivity contribution in [1.29, 1.82) is 0 Å². The molecule has 1 saturated heterocycles. The number of rotatable bonds is 11. The largest absolute Gasteiger partial charge is 0.496 e. The van der Waals surface area contributed by atoms with Gasteiger partial charge >= 0.3 is 0 Å². The van der Waals surface area contributed by atoms with Gasteiger partial charge in [-0.05, 0) is 54.7 Å². The molecule has 1 heterocycles. The molecule has 32 heavy (non-hydrogen) atoms. The van der Waals surface area contributed by atoms with E-state index in [2.05, 4.69) is 5.32 Å². The van der Waals surface area contributed by atoms with E-state index in [0.717, 1.165) is 12.8 Å². The van der Waals surface area contributed by atoms with Crippen LogP contribution in [-0.2, 0) is 27.0 Å². The molecule has 174 valence electrons. The highest BCUT2D eigenvalue weighted by Gasteiger charge is 2.27. The molecule has 0 aromatic heterocycles. The standard InChI is InChI=1S/C23H29FN2O4S2/c1-30-22-10-9-20(32(28,29)26-13-4-5-14-26)16-18(22)8-11-23(27)25-12-15-31-17-19-6-2-3-7-21(19)24/h2-3,6-7,9-10,16H,4-5,8,11-15,17H2,1H3,(H,25,27). The van der Waals surface area contributed by atoms with Crippen molar-refractivity contribution in [3.63, 3.8) is 0 Å². The summed E-state index contributed by atoms with van der Waals surface area (Å²) in [6.07, 6.45) is 2.35. The molecule has 0 saturated carbocycles. The summed E-state index contributed by atoms with van der Waals surface area (Å²) in [6, 6.07) is 11.5. The fourth-order valence-electron chi connectivity index (χ4n) is 3.59. The Kier molecular flexibility index (Phi) is 8.95. The molecule has 1 amide bonds. The third-order valence-electron chi connectivity index (χ3n) is 5.36. The van der Waals surface area contributed by atoms with Crippen LogP contribution in [0.3, 0.4) is 0 Å². The molecule has 9 heteroatoms. The average Bonchev–Trinajstić information content (AvgIpc) is 3.34. The number of methoxy groups -OCH3 is 1. The van der Waals surface area contributed by atoms with Gasteiger partial charge in [-0.3, -0.25) is 4.79 Å². The van der Waals surface area contributed by atoms with E-state index in [9.17, 15) is 17.6 Å². The van der Waals surface area contributed by atoms with Crippen LogP contribution >= 0.6 is 11.8 Å². The van der Waals surface area contributed by atoms with Crippen LogP contribution in [-0.4, -0.2) is 51.1 Å². The molecule has 2 aromatic rings. The van der Waals surface area contributed by atoms with Crippen molar-refractivity contribution in [2.45, 2.75) is 36.3 Å². The highest BCUT2D eigenvalue weighted by Crippen LogP contribution is 2.27. The van der Waals surface area contributed by atoms with Gasteiger partial charge < -0.3 is 10.1 Å². The molecule has 0 bridgehead atoms. The lowest BCUT2D eigenvalue weighted by Gasteiger charge is -2.17. The lowest BCUT2D eigenvalue weighted by Crippen LogP contribution is -2.28. The molecule has 1 aliphatic heterocycles. The summed E-state index contributed by atoms with van der Waals surface area (Å²) >= 11 is 1.55. The first-order valence-corrected chi connectivity index (χ1v) is 13.3. The lowest BCUT2D eigenvalue weighted by molar-refractivity contribution is -0.120. The number of sulfonamides is 1. The molecular formula is C23H29FN2O4S2. The van der Waals surface area contributed by atoms with Gasteiger partial charge in [-0.1, -0.05) is 18.2 Å². The summed E-state index contributed by atoms with van der Waals surface area (Å²) < 4.78 is 46.1. The van der Waals surface area contributed by atoms with Gasteiger partial charge in [-0.25, -0.2) is 12.8 Å². The number of ether oxygens (including phenoxy) is 1. The van der Waals surface area contributed by atoms with Gasteiger partial charge in [0.1, 0.15) is 11.6 Å². The molecule has 1 fully saturated rings. The van der Waals surface area contributed by atoms with Gasteiger partial charge in [-0.2, -0.15) is 16.1 Å². The van der Waals surface area contributed by atoms with Crippen molar-refractivity contribution in [3.05, 3.63) is 59.4 Å². The fourth-order valence-corrected chi connectivity index (χ4v) is 6.00. The van der Waals surface area contributed by atoms with E-state index in [1.165, 1.54) is 17.5 Å². The Hall–Kier alpha value is -2.10. The molecule has 0 unspecified atom stereocenters. The molecule has 6 nitrogen and oxygen atoms in total. The van der Waals surface area contributed by atoms with E-state index < -0.39 is 10.0 Å². The topological polar surface area (TPSA) is 75.7 Å². The number of carbonyl (C=O) groups is 1. The maximum Gasteiger partial charge on any atom is 0.243 e. The zero-order chi connectivity index (χ0) is 23.0. The highest BCUT2D eigenvalue weighted by molar-refractivity contribution is 7.98. The van der Waals surface area contributed by atoms with Gasteiger partial charge in [0.15, 0.2) is 0 Å². The van der Waals surface area contributed by atoms with E-state index in [1.807, 2.05) is 0 Å². The van der Waals surface area contributed by atoms with Crippen LogP contribution in [0.15, 0.2) is 47.4 Å². The summed E-state index contributed by atoms with van der Waals surface area (Å²) in [7, 11) is -2.00. The Morgan fingerprint density at radius 1 is 1.16 bits per heavy atom. The van der Waals surface area contributed by atoms with Gasteiger partial charge in [0, 0.05) is 37.6 Å². The van der Waals surface area contributed by atoms with Crippen LogP contribution < -0.4 is 10.1 Å². The number of halogens is 1. The Morgan fingerprint density at radius 3 is 2.62 bits per heavy atom. The van der Waals surface area contributed by atoms with Crippen LogP contribution in [0.2, 0.25) is 0 Å². The minimum Gasteiger partial charge on any atom is -0.496 e. The Labute approximate surface area is 193 Å². The van der Waals surface area contributed by atoms with Crippen LogP contribution in [0.4, 0.5) is 4.39 Å². The molecule has 0 spiro atoms.